The molecule has 166 valence electrons. The Hall–Kier alpha value is -3.03. The number of aromatic nitrogens is 1. The smallest absolute Gasteiger partial charge is 0.280 e. The molecule has 1 heterocycles. The zero-order chi connectivity index (χ0) is 22.7. The summed E-state index contributed by atoms with van der Waals surface area (Å²) in [6, 6.07) is 12.5. The van der Waals surface area contributed by atoms with Crippen molar-refractivity contribution in [3.8, 4) is 11.3 Å². The topological polar surface area (TPSA) is 74.3 Å². The summed E-state index contributed by atoms with van der Waals surface area (Å²) >= 11 is 1.36. The molecule has 0 atom stereocenters. The van der Waals surface area contributed by atoms with E-state index in [0.29, 0.717) is 11.0 Å². The number of rotatable bonds is 6. The van der Waals surface area contributed by atoms with Crippen LogP contribution in [0.3, 0.4) is 0 Å². The molecule has 1 fully saturated rings. The Bertz CT molecular complexity index is 1150. The van der Waals surface area contributed by atoms with Crippen LogP contribution in [0.1, 0.15) is 35.5 Å². The standard InChI is InChI=1S/C25H28N4O2S/c1-4-23(30)27-21-7-5-6-16-8-9-17(14-20(16)21)22-15-32-25(28-22)24(31)26-18-10-12-19(13-11-18)29(2)3/h4-9,14-15,18-19H,1,10-13H2,2-3H3,(H,26,31)(H,27,30)/t18-,19+. The molecule has 0 unspecified atom stereocenters. The minimum atomic E-state index is -0.255. The molecule has 2 aromatic carbocycles. The summed E-state index contributed by atoms with van der Waals surface area (Å²) < 4.78 is 0. The van der Waals surface area contributed by atoms with Crippen LogP contribution in [0, 0.1) is 0 Å². The maximum Gasteiger partial charge on any atom is 0.280 e. The highest BCUT2D eigenvalue weighted by Crippen LogP contribution is 2.30. The Morgan fingerprint density at radius 2 is 1.94 bits per heavy atom. The van der Waals surface area contributed by atoms with E-state index in [4.69, 9.17) is 0 Å². The summed E-state index contributed by atoms with van der Waals surface area (Å²) in [7, 11) is 4.23. The van der Waals surface area contributed by atoms with Crippen molar-refractivity contribution < 1.29 is 9.59 Å². The molecular weight excluding hydrogens is 420 g/mol. The summed E-state index contributed by atoms with van der Waals surface area (Å²) in [6.45, 7) is 3.51. The van der Waals surface area contributed by atoms with Crippen molar-refractivity contribution in [2.24, 2.45) is 0 Å². The summed E-state index contributed by atoms with van der Waals surface area (Å²) in [5.74, 6) is -0.357. The van der Waals surface area contributed by atoms with Crippen LogP contribution in [0.5, 0.6) is 0 Å². The van der Waals surface area contributed by atoms with Crippen molar-refractivity contribution in [1.29, 1.82) is 0 Å². The lowest BCUT2D eigenvalue weighted by Crippen LogP contribution is -2.41. The van der Waals surface area contributed by atoms with Crippen molar-refractivity contribution in [1.82, 2.24) is 15.2 Å². The average molecular weight is 449 g/mol. The highest BCUT2D eigenvalue weighted by atomic mass is 32.1. The first-order chi connectivity index (χ1) is 15.4. The van der Waals surface area contributed by atoms with Crippen LogP contribution >= 0.6 is 11.3 Å². The Labute approximate surface area is 192 Å². The zero-order valence-electron chi connectivity index (χ0n) is 18.4. The first-order valence-corrected chi connectivity index (χ1v) is 11.7. The van der Waals surface area contributed by atoms with Gasteiger partial charge in [0.25, 0.3) is 5.91 Å². The average Bonchev–Trinajstić information content (AvgIpc) is 3.30. The van der Waals surface area contributed by atoms with Gasteiger partial charge in [-0.15, -0.1) is 11.3 Å². The van der Waals surface area contributed by atoms with E-state index in [0.717, 1.165) is 53.4 Å². The van der Waals surface area contributed by atoms with Crippen LogP contribution in [-0.2, 0) is 4.79 Å². The number of anilines is 1. The van der Waals surface area contributed by atoms with E-state index in [-0.39, 0.29) is 17.9 Å². The Morgan fingerprint density at radius 1 is 1.16 bits per heavy atom. The van der Waals surface area contributed by atoms with Crippen LogP contribution in [0.2, 0.25) is 0 Å². The summed E-state index contributed by atoms with van der Waals surface area (Å²) in [4.78, 5) is 31.4. The molecule has 1 saturated carbocycles. The first-order valence-electron chi connectivity index (χ1n) is 10.8. The van der Waals surface area contributed by atoms with Crippen LogP contribution in [0.25, 0.3) is 22.0 Å². The number of benzene rings is 2. The minimum Gasteiger partial charge on any atom is -0.347 e. The van der Waals surface area contributed by atoms with Crippen LogP contribution in [0.15, 0.2) is 54.4 Å². The summed E-state index contributed by atoms with van der Waals surface area (Å²) in [6.07, 6.45) is 5.44. The number of fused-ring (bicyclic) bond motifs is 1. The Morgan fingerprint density at radius 3 is 2.66 bits per heavy atom. The number of carbonyl (C=O) groups is 2. The molecule has 6 nitrogen and oxygen atoms in total. The van der Waals surface area contributed by atoms with Crippen molar-refractivity contribution in [2.45, 2.75) is 37.8 Å². The van der Waals surface area contributed by atoms with E-state index in [1.54, 1.807) is 0 Å². The third-order valence-corrected chi connectivity index (χ3v) is 6.92. The number of nitrogens with one attached hydrogen (secondary N) is 2. The van der Waals surface area contributed by atoms with E-state index in [1.165, 1.54) is 17.4 Å². The molecule has 1 aromatic heterocycles. The highest BCUT2D eigenvalue weighted by Gasteiger charge is 2.24. The predicted octanol–water partition coefficient (Wildman–Crippen LogP) is 4.69. The maximum absolute atomic E-state index is 12.8. The van der Waals surface area contributed by atoms with E-state index in [9.17, 15) is 9.59 Å². The first kappa shape index (κ1) is 22.2. The number of hydrogen-bond acceptors (Lipinski definition) is 5. The van der Waals surface area contributed by atoms with Gasteiger partial charge in [-0.1, -0.05) is 30.8 Å². The molecular formula is C25H28N4O2S. The second kappa shape index (κ2) is 9.63. The van der Waals surface area contributed by atoms with Gasteiger partial charge in [-0.25, -0.2) is 4.98 Å². The highest BCUT2D eigenvalue weighted by molar-refractivity contribution is 7.12. The molecule has 3 aromatic rings. The number of hydrogen-bond donors (Lipinski definition) is 2. The van der Waals surface area contributed by atoms with Gasteiger partial charge in [-0.2, -0.15) is 0 Å². The van der Waals surface area contributed by atoms with Gasteiger partial charge < -0.3 is 15.5 Å². The molecule has 0 bridgehead atoms. The van der Waals surface area contributed by atoms with Gasteiger partial charge in [0.15, 0.2) is 5.01 Å². The minimum absolute atomic E-state index is 0.103. The largest absolute Gasteiger partial charge is 0.347 e. The molecule has 32 heavy (non-hydrogen) atoms. The fourth-order valence-electron chi connectivity index (χ4n) is 4.22. The molecule has 0 radical (unpaired) electrons. The molecule has 7 heteroatoms. The monoisotopic (exact) mass is 448 g/mol. The molecule has 0 aliphatic heterocycles. The molecule has 0 spiro atoms. The van der Waals surface area contributed by atoms with Crippen molar-refractivity contribution >= 4 is 39.6 Å². The number of nitrogens with zero attached hydrogens (tertiary/aromatic N) is 2. The molecule has 4 rings (SSSR count). The summed E-state index contributed by atoms with van der Waals surface area (Å²) in [5.41, 5.74) is 2.37. The second-order valence-electron chi connectivity index (χ2n) is 8.42. The third-order valence-electron chi connectivity index (χ3n) is 6.08. The fraction of sp³-hybridized carbons (Fsp3) is 0.320. The van der Waals surface area contributed by atoms with Gasteiger partial charge in [0, 0.05) is 34.1 Å². The normalized spacial score (nSPS) is 18.5. The Kier molecular flexibility index (Phi) is 6.67. The molecule has 2 amide bonds. The van der Waals surface area contributed by atoms with Gasteiger partial charge in [0.05, 0.1) is 5.69 Å². The van der Waals surface area contributed by atoms with Crippen LogP contribution < -0.4 is 10.6 Å². The number of amides is 2. The van der Waals surface area contributed by atoms with Gasteiger partial charge in [-0.05, 0) is 63.4 Å². The second-order valence-corrected chi connectivity index (χ2v) is 9.27. The predicted molar refractivity (Wildman–Crippen MR) is 131 cm³/mol. The van der Waals surface area contributed by atoms with Gasteiger partial charge >= 0.3 is 0 Å². The number of thiazole rings is 1. The van der Waals surface area contributed by atoms with E-state index < -0.39 is 0 Å². The molecule has 0 saturated heterocycles. The van der Waals surface area contributed by atoms with Gasteiger partial charge in [0.1, 0.15) is 0 Å². The third kappa shape index (κ3) is 4.89. The van der Waals surface area contributed by atoms with Crippen molar-refractivity contribution in [2.75, 3.05) is 19.4 Å². The van der Waals surface area contributed by atoms with Crippen LogP contribution in [0.4, 0.5) is 5.69 Å². The quantitative estimate of drug-likeness (QED) is 0.537. The SMILES string of the molecule is C=CC(=O)Nc1cccc2ccc(-c3csc(C(=O)N[C@H]4CC[C@@H](N(C)C)CC4)n3)cc12. The summed E-state index contributed by atoms with van der Waals surface area (Å²) in [5, 5.41) is 10.3. The lowest BCUT2D eigenvalue weighted by atomic mass is 9.90. The fourth-order valence-corrected chi connectivity index (χ4v) is 4.95. The molecule has 1 aliphatic rings. The zero-order valence-corrected chi connectivity index (χ0v) is 19.2. The molecule has 1 aliphatic carbocycles. The van der Waals surface area contributed by atoms with Gasteiger partial charge in [-0.3, -0.25) is 9.59 Å². The molecule has 2 N–H and O–H groups in total. The van der Waals surface area contributed by atoms with E-state index in [1.807, 2.05) is 41.8 Å². The Balaban J connectivity index is 1.49. The number of carbonyl (C=O) groups excluding carboxylic acids is 2. The van der Waals surface area contributed by atoms with E-state index in [2.05, 4.69) is 41.2 Å². The van der Waals surface area contributed by atoms with Crippen molar-refractivity contribution in [3.05, 3.63) is 59.4 Å². The van der Waals surface area contributed by atoms with Gasteiger partial charge in [0.2, 0.25) is 5.91 Å². The van der Waals surface area contributed by atoms with E-state index >= 15 is 0 Å². The van der Waals surface area contributed by atoms with Crippen molar-refractivity contribution in [3.63, 3.8) is 0 Å². The van der Waals surface area contributed by atoms with Crippen LogP contribution in [-0.4, -0.2) is 47.9 Å². The lowest BCUT2D eigenvalue weighted by Gasteiger charge is -2.32. The maximum atomic E-state index is 12.8. The lowest BCUT2D eigenvalue weighted by molar-refractivity contribution is -0.111.